The molecular weight excluding hydrogens is 390 g/mol. The molecule has 9 nitrogen and oxygen atoms in total. The quantitative estimate of drug-likeness (QED) is 0.363. The van der Waals surface area contributed by atoms with Crippen LogP contribution < -0.4 is 5.73 Å². The fourth-order valence-electron chi connectivity index (χ4n) is 3.46. The lowest BCUT2D eigenvalue weighted by Crippen LogP contribution is -2.57. The van der Waals surface area contributed by atoms with Crippen molar-refractivity contribution in [1.82, 2.24) is 9.96 Å². The van der Waals surface area contributed by atoms with E-state index in [4.69, 9.17) is 10.5 Å². The van der Waals surface area contributed by atoms with E-state index in [2.05, 4.69) is 0 Å². The second kappa shape index (κ2) is 10.3. The molecule has 1 aliphatic carbocycles. The highest BCUT2D eigenvalue weighted by Crippen LogP contribution is 2.32. The Balaban J connectivity index is 3.26. The monoisotopic (exact) mass is 427 g/mol. The molecule has 0 spiro atoms. The maximum absolute atomic E-state index is 13.4. The van der Waals surface area contributed by atoms with Gasteiger partial charge in [-0.3, -0.25) is 19.6 Å². The Morgan fingerprint density at radius 2 is 1.63 bits per heavy atom. The summed E-state index contributed by atoms with van der Waals surface area (Å²) in [6, 6.07) is -1.13. The van der Waals surface area contributed by atoms with Crippen LogP contribution in [0.5, 0.6) is 0 Å². The third kappa shape index (κ3) is 7.68. The number of imide groups is 3. The van der Waals surface area contributed by atoms with Gasteiger partial charge in [-0.15, -0.1) is 0 Å². The predicted molar refractivity (Wildman–Crippen MR) is 110 cm³/mol. The first kappa shape index (κ1) is 26.0. The summed E-state index contributed by atoms with van der Waals surface area (Å²) in [6.07, 6.45) is 3.33. The van der Waals surface area contributed by atoms with E-state index >= 15 is 0 Å². The number of amides is 4. The number of nitrogens with two attached hydrogens (primary N) is 1. The lowest BCUT2D eigenvalue weighted by Gasteiger charge is -2.33. The third-order valence-corrected chi connectivity index (χ3v) is 5.19. The zero-order valence-electron chi connectivity index (χ0n) is 19.0. The highest BCUT2D eigenvalue weighted by Gasteiger charge is 2.42. The van der Waals surface area contributed by atoms with Crippen molar-refractivity contribution in [1.29, 1.82) is 0 Å². The normalized spacial score (nSPS) is 17.2. The topological polar surface area (TPSA) is 130 Å². The molecule has 0 aliphatic heterocycles. The van der Waals surface area contributed by atoms with Gasteiger partial charge in [0.05, 0.1) is 18.5 Å². The summed E-state index contributed by atoms with van der Waals surface area (Å²) in [5, 5.41) is 10.1. The molecule has 0 aromatic carbocycles. The van der Waals surface area contributed by atoms with Crippen molar-refractivity contribution in [3.8, 4) is 0 Å². The number of carbonyl (C=O) groups excluding carboxylic acids is 4. The van der Waals surface area contributed by atoms with Crippen molar-refractivity contribution in [2.75, 3.05) is 6.54 Å². The zero-order chi connectivity index (χ0) is 23.3. The number of nitrogens with zero attached hydrogens (tertiary/aromatic N) is 2. The lowest BCUT2D eigenvalue weighted by molar-refractivity contribution is -0.159. The molecule has 3 N–H and O–H groups in total. The molecule has 4 amide bonds. The molecule has 30 heavy (non-hydrogen) atoms. The largest absolute Gasteiger partial charge is 0.443 e. The van der Waals surface area contributed by atoms with Gasteiger partial charge in [0, 0.05) is 0 Å². The first-order valence-corrected chi connectivity index (χ1v) is 10.4. The molecule has 0 bridgehead atoms. The average molecular weight is 428 g/mol. The zero-order valence-corrected chi connectivity index (χ0v) is 19.0. The van der Waals surface area contributed by atoms with Gasteiger partial charge < -0.3 is 10.5 Å². The molecule has 0 heterocycles. The van der Waals surface area contributed by atoms with Gasteiger partial charge in [0.1, 0.15) is 5.60 Å². The second-order valence-corrected chi connectivity index (χ2v) is 10.1. The van der Waals surface area contributed by atoms with Crippen molar-refractivity contribution in [3.63, 3.8) is 0 Å². The van der Waals surface area contributed by atoms with Crippen molar-refractivity contribution >= 4 is 24.3 Å². The Labute approximate surface area is 178 Å². The van der Waals surface area contributed by atoms with E-state index < -0.39 is 40.9 Å². The molecule has 2 atom stereocenters. The van der Waals surface area contributed by atoms with E-state index in [0.29, 0.717) is 16.4 Å². The van der Waals surface area contributed by atoms with Gasteiger partial charge in [-0.1, -0.05) is 46.5 Å². The first-order chi connectivity index (χ1) is 13.7. The fourth-order valence-corrected chi connectivity index (χ4v) is 3.46. The molecule has 0 saturated heterocycles. The molecule has 1 rings (SSSR count). The van der Waals surface area contributed by atoms with Gasteiger partial charge in [-0.2, -0.15) is 4.90 Å². The number of rotatable bonds is 7. The van der Waals surface area contributed by atoms with Gasteiger partial charge >= 0.3 is 6.09 Å². The van der Waals surface area contributed by atoms with E-state index in [-0.39, 0.29) is 18.9 Å². The molecule has 0 unspecified atom stereocenters. The standard InChI is InChI=1S/C21H37N3O6/c1-20(2,3)16(22)18(27)24(19(28)30-21(4,5)6)17(26)15(12-23(29)13-25)11-14-9-7-8-10-14/h13-16,29H,7-12,22H2,1-6H3/t15-,16-/m1/s1. The summed E-state index contributed by atoms with van der Waals surface area (Å²) in [4.78, 5) is 50.7. The van der Waals surface area contributed by atoms with Crippen molar-refractivity contribution in [2.45, 2.75) is 85.3 Å². The van der Waals surface area contributed by atoms with E-state index in [1.54, 1.807) is 41.5 Å². The fraction of sp³-hybridized carbons (Fsp3) is 0.810. The Morgan fingerprint density at radius 1 is 1.10 bits per heavy atom. The van der Waals surface area contributed by atoms with Crippen LogP contribution in [0.3, 0.4) is 0 Å². The number of hydrogen-bond donors (Lipinski definition) is 2. The van der Waals surface area contributed by atoms with E-state index in [1.807, 2.05) is 0 Å². The lowest BCUT2D eigenvalue weighted by atomic mass is 9.86. The van der Waals surface area contributed by atoms with Gasteiger partial charge in [-0.05, 0) is 38.5 Å². The molecule has 172 valence electrons. The Hall–Kier alpha value is -2.00. The second-order valence-electron chi connectivity index (χ2n) is 10.1. The minimum Gasteiger partial charge on any atom is -0.443 e. The van der Waals surface area contributed by atoms with Crippen LogP contribution in [0, 0.1) is 17.3 Å². The number of hydrogen-bond acceptors (Lipinski definition) is 7. The smallest absolute Gasteiger partial charge is 0.424 e. The number of ether oxygens (including phenoxy) is 1. The summed E-state index contributed by atoms with van der Waals surface area (Å²) in [5.74, 6) is -2.41. The van der Waals surface area contributed by atoms with Gasteiger partial charge in [0.15, 0.2) is 0 Å². The highest BCUT2D eigenvalue weighted by atomic mass is 16.6. The Morgan fingerprint density at radius 3 is 2.07 bits per heavy atom. The van der Waals surface area contributed by atoms with Crippen LogP contribution in [0.2, 0.25) is 0 Å². The SMILES string of the molecule is CC(C)(C)OC(=O)N(C(=O)[C@H](CC1CCCC1)CN(O)C=O)C(=O)[C@@H](N)C(C)(C)C. The third-order valence-electron chi connectivity index (χ3n) is 5.19. The maximum Gasteiger partial charge on any atom is 0.424 e. The molecule has 0 radical (unpaired) electrons. The molecule has 1 fully saturated rings. The van der Waals surface area contributed by atoms with Crippen LogP contribution in [0.15, 0.2) is 0 Å². The van der Waals surface area contributed by atoms with Crippen LogP contribution in [-0.2, 0) is 19.1 Å². The van der Waals surface area contributed by atoms with E-state index in [0.717, 1.165) is 25.7 Å². The summed E-state index contributed by atoms with van der Waals surface area (Å²) in [7, 11) is 0. The van der Waals surface area contributed by atoms with Crippen LogP contribution in [0.4, 0.5) is 4.79 Å². The number of hydroxylamine groups is 2. The minimum atomic E-state index is -1.13. The summed E-state index contributed by atoms with van der Waals surface area (Å²) >= 11 is 0. The molecule has 0 aromatic rings. The van der Waals surface area contributed by atoms with Crippen LogP contribution in [0.25, 0.3) is 0 Å². The highest BCUT2D eigenvalue weighted by molar-refractivity contribution is 6.11. The predicted octanol–water partition coefficient (Wildman–Crippen LogP) is 2.69. The van der Waals surface area contributed by atoms with Crippen molar-refractivity contribution in [3.05, 3.63) is 0 Å². The van der Waals surface area contributed by atoms with Gasteiger partial charge in [0.2, 0.25) is 12.3 Å². The molecule has 0 aromatic heterocycles. The van der Waals surface area contributed by atoms with E-state index in [9.17, 15) is 24.4 Å². The van der Waals surface area contributed by atoms with Gasteiger partial charge in [-0.25, -0.2) is 9.86 Å². The average Bonchev–Trinajstić information content (AvgIpc) is 3.10. The molecular formula is C21H37N3O6. The Kier molecular flexibility index (Phi) is 8.98. The summed E-state index contributed by atoms with van der Waals surface area (Å²) < 4.78 is 5.30. The van der Waals surface area contributed by atoms with Gasteiger partial charge in [0.25, 0.3) is 5.91 Å². The van der Waals surface area contributed by atoms with Crippen LogP contribution >= 0.6 is 0 Å². The Bertz CT molecular complexity index is 632. The molecule has 1 saturated carbocycles. The number of carbonyl (C=O) groups is 4. The van der Waals surface area contributed by atoms with Crippen LogP contribution in [0.1, 0.15) is 73.6 Å². The maximum atomic E-state index is 13.4. The molecule has 9 heteroatoms. The first-order valence-electron chi connectivity index (χ1n) is 10.4. The van der Waals surface area contributed by atoms with Crippen molar-refractivity contribution in [2.24, 2.45) is 23.0 Å². The summed E-state index contributed by atoms with van der Waals surface area (Å²) in [6.45, 7) is 9.73. The van der Waals surface area contributed by atoms with E-state index in [1.165, 1.54) is 0 Å². The summed E-state index contributed by atoms with van der Waals surface area (Å²) in [5.41, 5.74) is 4.42. The molecule has 1 aliphatic rings. The minimum absolute atomic E-state index is 0.190. The van der Waals surface area contributed by atoms with Crippen LogP contribution in [-0.4, -0.2) is 57.7 Å². The van der Waals surface area contributed by atoms with Crippen molar-refractivity contribution < 1.29 is 29.1 Å².